The molecular formula is C12H13N3O2S. The van der Waals surface area contributed by atoms with Crippen molar-refractivity contribution >= 4 is 33.4 Å². The van der Waals surface area contributed by atoms with Crippen molar-refractivity contribution < 1.29 is 9.90 Å². The number of nitrogens with one attached hydrogen (secondary N) is 1. The lowest BCUT2D eigenvalue weighted by Gasteiger charge is -2.33. The van der Waals surface area contributed by atoms with Gasteiger partial charge in [0.25, 0.3) is 0 Å². The molecule has 0 bridgehead atoms. The number of rotatable bonds is 2. The van der Waals surface area contributed by atoms with E-state index in [-0.39, 0.29) is 0 Å². The van der Waals surface area contributed by atoms with E-state index in [4.69, 9.17) is 0 Å². The number of nitrogens with zero attached hydrogens (tertiary/aromatic N) is 2. The molecule has 3 rings (SSSR count). The Morgan fingerprint density at radius 3 is 3.17 bits per heavy atom. The summed E-state index contributed by atoms with van der Waals surface area (Å²) in [6.07, 6.45) is 0. The molecule has 18 heavy (non-hydrogen) atoms. The Morgan fingerprint density at radius 2 is 2.33 bits per heavy atom. The summed E-state index contributed by atoms with van der Waals surface area (Å²) in [7, 11) is 0. The van der Waals surface area contributed by atoms with E-state index in [1.54, 1.807) is 0 Å². The minimum atomic E-state index is -0.806. The van der Waals surface area contributed by atoms with E-state index in [2.05, 4.69) is 9.69 Å². The topological polar surface area (TPSA) is 65.5 Å². The molecule has 1 atom stereocenters. The fourth-order valence-corrected chi connectivity index (χ4v) is 3.04. The molecule has 1 saturated heterocycles. The van der Waals surface area contributed by atoms with Gasteiger partial charge in [-0.05, 0) is 23.7 Å². The second-order valence-corrected chi connectivity index (χ2v) is 5.06. The normalized spacial score (nSPS) is 20.2. The molecule has 1 aliphatic heterocycles. The van der Waals surface area contributed by atoms with Crippen LogP contribution in [0.5, 0.6) is 0 Å². The van der Waals surface area contributed by atoms with Gasteiger partial charge in [-0.1, -0.05) is 12.1 Å². The van der Waals surface area contributed by atoms with Gasteiger partial charge in [-0.2, -0.15) is 4.37 Å². The Balaban J connectivity index is 2.04. The number of carbonyl (C=O) groups is 1. The number of benzene rings is 1. The zero-order valence-corrected chi connectivity index (χ0v) is 10.5. The van der Waals surface area contributed by atoms with Crippen LogP contribution in [0, 0.1) is 0 Å². The first-order valence-corrected chi connectivity index (χ1v) is 6.59. The van der Waals surface area contributed by atoms with Crippen molar-refractivity contribution in [3.63, 3.8) is 0 Å². The predicted molar refractivity (Wildman–Crippen MR) is 71.3 cm³/mol. The maximum atomic E-state index is 11.3. The first kappa shape index (κ1) is 11.4. The molecule has 2 N–H and O–H groups in total. The highest BCUT2D eigenvalue weighted by Crippen LogP contribution is 2.30. The van der Waals surface area contributed by atoms with Gasteiger partial charge in [0.2, 0.25) is 0 Å². The first-order chi connectivity index (χ1) is 8.77. The summed E-state index contributed by atoms with van der Waals surface area (Å²) in [6.45, 7) is 1.92. The lowest BCUT2D eigenvalue weighted by atomic mass is 10.1. The molecule has 6 heteroatoms. The van der Waals surface area contributed by atoms with Crippen LogP contribution in [-0.4, -0.2) is 41.1 Å². The highest BCUT2D eigenvalue weighted by molar-refractivity contribution is 7.13. The molecule has 1 aromatic carbocycles. The molecule has 0 aliphatic carbocycles. The molecule has 0 unspecified atom stereocenters. The molecule has 5 nitrogen and oxygen atoms in total. The predicted octanol–water partition coefficient (Wildman–Crippen LogP) is 1.16. The quantitative estimate of drug-likeness (QED) is 0.851. The van der Waals surface area contributed by atoms with Crippen molar-refractivity contribution in [3.05, 3.63) is 24.3 Å². The van der Waals surface area contributed by atoms with Gasteiger partial charge in [0.05, 0.1) is 4.70 Å². The monoisotopic (exact) mass is 263 g/mol. The van der Waals surface area contributed by atoms with Crippen molar-refractivity contribution in [1.29, 1.82) is 0 Å². The zero-order valence-electron chi connectivity index (χ0n) is 9.67. The molecule has 1 aromatic heterocycles. The lowest BCUT2D eigenvalue weighted by molar-refractivity contribution is -0.138. The summed E-state index contributed by atoms with van der Waals surface area (Å²) < 4.78 is 5.52. The summed E-state index contributed by atoms with van der Waals surface area (Å²) in [6, 6.07) is 7.39. The number of fused-ring (bicyclic) bond motifs is 1. The molecule has 0 radical (unpaired) electrons. The van der Waals surface area contributed by atoms with Crippen molar-refractivity contribution in [3.8, 4) is 0 Å². The van der Waals surface area contributed by atoms with E-state index < -0.39 is 12.0 Å². The van der Waals surface area contributed by atoms with Crippen molar-refractivity contribution in [2.45, 2.75) is 6.04 Å². The van der Waals surface area contributed by atoms with Crippen LogP contribution in [0.2, 0.25) is 0 Å². The standard InChI is InChI=1S/C12H13N3O2S/c16-12(17)9-7-13-5-6-15(9)11-8-3-1-2-4-10(8)18-14-11/h1-4,9,13H,5-7H2,(H,16,17)/t9-/m1/s1. The van der Waals surface area contributed by atoms with Gasteiger partial charge >= 0.3 is 5.97 Å². The Hall–Kier alpha value is -1.66. The average molecular weight is 263 g/mol. The Bertz CT molecular complexity index is 583. The molecule has 0 saturated carbocycles. The Kier molecular flexibility index (Phi) is 2.89. The van der Waals surface area contributed by atoms with Crippen LogP contribution in [0.4, 0.5) is 5.82 Å². The minimum absolute atomic E-state index is 0.460. The number of hydrogen-bond acceptors (Lipinski definition) is 5. The zero-order chi connectivity index (χ0) is 12.5. The third-order valence-corrected chi connectivity index (χ3v) is 3.98. The van der Waals surface area contributed by atoms with Crippen LogP contribution in [0.1, 0.15) is 0 Å². The summed E-state index contributed by atoms with van der Waals surface area (Å²) >= 11 is 1.42. The van der Waals surface area contributed by atoms with Crippen LogP contribution in [-0.2, 0) is 4.79 Å². The van der Waals surface area contributed by atoms with Crippen molar-refractivity contribution in [2.24, 2.45) is 0 Å². The molecule has 1 aliphatic rings. The van der Waals surface area contributed by atoms with Gasteiger partial charge < -0.3 is 15.3 Å². The van der Waals surface area contributed by atoms with Gasteiger partial charge in [0, 0.05) is 25.0 Å². The molecule has 0 spiro atoms. The largest absolute Gasteiger partial charge is 0.480 e. The maximum absolute atomic E-state index is 11.3. The summed E-state index contributed by atoms with van der Waals surface area (Å²) in [5.74, 6) is -0.0104. The second kappa shape index (κ2) is 4.55. The van der Waals surface area contributed by atoms with E-state index in [0.717, 1.165) is 22.4 Å². The highest BCUT2D eigenvalue weighted by Gasteiger charge is 2.30. The van der Waals surface area contributed by atoms with Crippen LogP contribution in [0.15, 0.2) is 24.3 Å². The summed E-state index contributed by atoms with van der Waals surface area (Å²) in [5, 5.41) is 13.4. The van der Waals surface area contributed by atoms with Gasteiger partial charge in [0.1, 0.15) is 6.04 Å². The van der Waals surface area contributed by atoms with E-state index in [1.807, 2.05) is 29.2 Å². The molecule has 94 valence electrons. The number of carboxylic acids is 1. The fourth-order valence-electron chi connectivity index (χ4n) is 2.26. The van der Waals surface area contributed by atoms with Crippen LogP contribution >= 0.6 is 11.5 Å². The van der Waals surface area contributed by atoms with Gasteiger partial charge in [-0.15, -0.1) is 0 Å². The van der Waals surface area contributed by atoms with E-state index in [9.17, 15) is 9.90 Å². The smallest absolute Gasteiger partial charge is 0.327 e. The second-order valence-electron chi connectivity index (χ2n) is 4.25. The van der Waals surface area contributed by atoms with E-state index >= 15 is 0 Å². The number of hydrogen-bond donors (Lipinski definition) is 2. The van der Waals surface area contributed by atoms with Crippen LogP contribution in [0.25, 0.3) is 10.1 Å². The molecular weight excluding hydrogens is 250 g/mol. The number of piperazine rings is 1. The maximum Gasteiger partial charge on any atom is 0.327 e. The fraction of sp³-hybridized carbons (Fsp3) is 0.333. The molecule has 2 aromatic rings. The Morgan fingerprint density at radius 1 is 1.50 bits per heavy atom. The first-order valence-electron chi connectivity index (χ1n) is 5.82. The Labute approximate surface area is 108 Å². The van der Waals surface area contributed by atoms with Crippen molar-refractivity contribution in [1.82, 2.24) is 9.69 Å². The SMILES string of the molecule is O=C(O)[C@H]1CNCCN1c1nsc2ccccc12. The van der Waals surface area contributed by atoms with Crippen molar-refractivity contribution in [2.75, 3.05) is 24.5 Å². The summed E-state index contributed by atoms with van der Waals surface area (Å²) in [4.78, 5) is 13.2. The minimum Gasteiger partial charge on any atom is -0.480 e. The molecule has 0 amide bonds. The van der Waals surface area contributed by atoms with E-state index in [1.165, 1.54) is 11.5 Å². The average Bonchev–Trinajstić information content (AvgIpc) is 2.82. The third-order valence-electron chi connectivity index (χ3n) is 3.16. The third kappa shape index (κ3) is 1.83. The van der Waals surface area contributed by atoms with Crippen LogP contribution < -0.4 is 10.2 Å². The lowest BCUT2D eigenvalue weighted by Crippen LogP contribution is -2.55. The number of anilines is 1. The number of aliphatic carboxylic acids is 1. The van der Waals surface area contributed by atoms with Gasteiger partial charge in [0.15, 0.2) is 5.82 Å². The number of carboxylic acid groups (broad SMARTS) is 1. The van der Waals surface area contributed by atoms with Gasteiger partial charge in [-0.3, -0.25) is 0 Å². The number of aromatic nitrogens is 1. The highest BCUT2D eigenvalue weighted by atomic mass is 32.1. The molecule has 1 fully saturated rings. The van der Waals surface area contributed by atoms with E-state index in [0.29, 0.717) is 13.1 Å². The summed E-state index contributed by atoms with van der Waals surface area (Å²) in [5.41, 5.74) is 0. The molecule has 2 heterocycles. The van der Waals surface area contributed by atoms with Gasteiger partial charge in [-0.25, -0.2) is 4.79 Å². The van der Waals surface area contributed by atoms with Crippen LogP contribution in [0.3, 0.4) is 0 Å².